The molecule has 0 aliphatic heterocycles. The summed E-state index contributed by atoms with van der Waals surface area (Å²) >= 11 is 0. The van der Waals surface area contributed by atoms with Gasteiger partial charge in [0.15, 0.2) is 0 Å². The number of halogens is 3. The standard InChI is InChI=1S/C12H17F3N4O/c1-4-19(5-2)10(20)8-18(3)11-16-7-6-9(17-11)12(13,14)15/h6-7H,4-5,8H2,1-3H3. The van der Waals surface area contributed by atoms with E-state index in [9.17, 15) is 18.0 Å². The molecule has 1 amide bonds. The van der Waals surface area contributed by atoms with E-state index in [1.54, 1.807) is 4.90 Å². The maximum atomic E-state index is 12.5. The van der Waals surface area contributed by atoms with Crippen LogP contribution in [0.1, 0.15) is 19.5 Å². The Morgan fingerprint density at radius 1 is 1.30 bits per heavy atom. The lowest BCUT2D eigenvalue weighted by Gasteiger charge is -2.23. The molecule has 0 aromatic carbocycles. The molecule has 1 rings (SSSR count). The molecule has 0 aliphatic carbocycles. The molecule has 1 heterocycles. The van der Waals surface area contributed by atoms with Crippen molar-refractivity contribution in [2.75, 3.05) is 31.6 Å². The van der Waals surface area contributed by atoms with E-state index in [0.29, 0.717) is 13.1 Å². The Morgan fingerprint density at radius 3 is 2.40 bits per heavy atom. The van der Waals surface area contributed by atoms with E-state index in [1.807, 2.05) is 13.8 Å². The average Bonchev–Trinajstić information content (AvgIpc) is 2.39. The van der Waals surface area contributed by atoms with Crippen molar-refractivity contribution in [1.29, 1.82) is 0 Å². The van der Waals surface area contributed by atoms with E-state index in [2.05, 4.69) is 9.97 Å². The van der Waals surface area contributed by atoms with Gasteiger partial charge < -0.3 is 9.80 Å². The number of rotatable bonds is 5. The van der Waals surface area contributed by atoms with Gasteiger partial charge in [-0.25, -0.2) is 9.97 Å². The lowest BCUT2D eigenvalue weighted by Crippen LogP contribution is -2.39. The molecular formula is C12H17F3N4O. The Hall–Kier alpha value is -1.86. The van der Waals surface area contributed by atoms with Gasteiger partial charge in [-0.05, 0) is 19.9 Å². The van der Waals surface area contributed by atoms with Crippen LogP contribution in [0.3, 0.4) is 0 Å². The number of anilines is 1. The molecule has 5 nitrogen and oxygen atoms in total. The van der Waals surface area contributed by atoms with Crippen LogP contribution in [0.2, 0.25) is 0 Å². The topological polar surface area (TPSA) is 49.3 Å². The van der Waals surface area contributed by atoms with Gasteiger partial charge in [0.25, 0.3) is 0 Å². The molecule has 0 radical (unpaired) electrons. The highest BCUT2D eigenvalue weighted by Crippen LogP contribution is 2.27. The van der Waals surface area contributed by atoms with Crippen molar-refractivity contribution in [2.24, 2.45) is 0 Å². The molecule has 0 aliphatic rings. The summed E-state index contributed by atoms with van der Waals surface area (Å²) in [6.07, 6.45) is -3.50. The minimum absolute atomic E-state index is 0.0665. The first-order valence-electron chi connectivity index (χ1n) is 6.18. The van der Waals surface area contributed by atoms with Crippen LogP contribution in [-0.2, 0) is 11.0 Å². The third-order valence-electron chi connectivity index (χ3n) is 2.76. The summed E-state index contributed by atoms with van der Waals surface area (Å²) < 4.78 is 37.6. The number of likely N-dealkylation sites (N-methyl/N-ethyl adjacent to an activating group) is 2. The second-order valence-electron chi connectivity index (χ2n) is 4.16. The van der Waals surface area contributed by atoms with Crippen LogP contribution in [-0.4, -0.2) is 47.5 Å². The zero-order valence-corrected chi connectivity index (χ0v) is 11.6. The Morgan fingerprint density at radius 2 is 1.90 bits per heavy atom. The van der Waals surface area contributed by atoms with Gasteiger partial charge in [-0.1, -0.05) is 0 Å². The normalized spacial score (nSPS) is 11.3. The zero-order chi connectivity index (χ0) is 15.3. The highest BCUT2D eigenvalue weighted by Gasteiger charge is 2.33. The Bertz CT molecular complexity index is 460. The lowest BCUT2D eigenvalue weighted by molar-refractivity contribution is -0.141. The van der Waals surface area contributed by atoms with Gasteiger partial charge in [-0.15, -0.1) is 0 Å². The molecular weight excluding hydrogens is 273 g/mol. The number of nitrogens with zero attached hydrogens (tertiary/aromatic N) is 4. The molecule has 0 spiro atoms. The van der Waals surface area contributed by atoms with Crippen molar-refractivity contribution < 1.29 is 18.0 Å². The zero-order valence-electron chi connectivity index (χ0n) is 11.6. The summed E-state index contributed by atoms with van der Waals surface area (Å²) in [6.45, 7) is 4.70. The molecule has 0 unspecified atom stereocenters. The van der Waals surface area contributed by atoms with Crippen LogP contribution >= 0.6 is 0 Å². The molecule has 20 heavy (non-hydrogen) atoms. The Balaban J connectivity index is 2.83. The summed E-state index contributed by atoms with van der Waals surface area (Å²) in [5.74, 6) is -0.307. The number of hydrogen-bond donors (Lipinski definition) is 0. The highest BCUT2D eigenvalue weighted by atomic mass is 19.4. The lowest BCUT2D eigenvalue weighted by atomic mass is 10.4. The Labute approximate surface area is 115 Å². The van der Waals surface area contributed by atoms with E-state index in [-0.39, 0.29) is 18.4 Å². The summed E-state index contributed by atoms with van der Waals surface area (Å²) in [5, 5.41) is 0. The third kappa shape index (κ3) is 4.07. The van der Waals surface area contributed by atoms with Crippen molar-refractivity contribution in [3.63, 3.8) is 0 Å². The fraction of sp³-hybridized carbons (Fsp3) is 0.583. The predicted octanol–water partition coefficient (Wildman–Crippen LogP) is 1.80. The van der Waals surface area contributed by atoms with Crippen LogP contribution in [0.4, 0.5) is 19.1 Å². The number of aromatic nitrogens is 2. The minimum Gasteiger partial charge on any atom is -0.342 e. The first kappa shape index (κ1) is 16.2. The highest BCUT2D eigenvalue weighted by molar-refractivity contribution is 5.80. The van der Waals surface area contributed by atoms with Crippen molar-refractivity contribution in [1.82, 2.24) is 14.9 Å². The molecule has 8 heteroatoms. The molecule has 112 valence electrons. The number of carbonyl (C=O) groups excluding carboxylic acids is 1. The van der Waals surface area contributed by atoms with Crippen LogP contribution in [0, 0.1) is 0 Å². The fourth-order valence-corrected chi connectivity index (χ4v) is 1.64. The van der Waals surface area contributed by atoms with Gasteiger partial charge in [-0.2, -0.15) is 13.2 Å². The molecule has 1 aromatic heterocycles. The van der Waals surface area contributed by atoms with E-state index < -0.39 is 11.9 Å². The number of hydrogen-bond acceptors (Lipinski definition) is 4. The molecule has 1 aromatic rings. The largest absolute Gasteiger partial charge is 0.433 e. The molecule has 0 saturated heterocycles. The second-order valence-corrected chi connectivity index (χ2v) is 4.16. The smallest absolute Gasteiger partial charge is 0.342 e. The van der Waals surface area contributed by atoms with E-state index in [1.165, 1.54) is 11.9 Å². The predicted molar refractivity (Wildman–Crippen MR) is 68.2 cm³/mol. The van der Waals surface area contributed by atoms with Crippen LogP contribution in [0.5, 0.6) is 0 Å². The monoisotopic (exact) mass is 290 g/mol. The van der Waals surface area contributed by atoms with Gasteiger partial charge in [0.05, 0.1) is 6.54 Å². The number of alkyl halides is 3. The third-order valence-corrected chi connectivity index (χ3v) is 2.76. The second kappa shape index (κ2) is 6.53. The number of amides is 1. The van der Waals surface area contributed by atoms with Crippen molar-refractivity contribution in [3.05, 3.63) is 18.0 Å². The van der Waals surface area contributed by atoms with E-state index in [4.69, 9.17) is 0 Å². The van der Waals surface area contributed by atoms with Gasteiger partial charge in [0.2, 0.25) is 11.9 Å². The van der Waals surface area contributed by atoms with Crippen molar-refractivity contribution in [2.45, 2.75) is 20.0 Å². The molecule has 0 fully saturated rings. The maximum Gasteiger partial charge on any atom is 0.433 e. The first-order chi connectivity index (χ1) is 9.29. The van der Waals surface area contributed by atoms with E-state index >= 15 is 0 Å². The fourth-order valence-electron chi connectivity index (χ4n) is 1.64. The minimum atomic E-state index is -4.53. The maximum absolute atomic E-state index is 12.5. The van der Waals surface area contributed by atoms with Gasteiger partial charge in [-0.3, -0.25) is 4.79 Å². The van der Waals surface area contributed by atoms with Gasteiger partial charge >= 0.3 is 6.18 Å². The van der Waals surface area contributed by atoms with Crippen LogP contribution < -0.4 is 4.90 Å². The molecule has 0 bridgehead atoms. The average molecular weight is 290 g/mol. The van der Waals surface area contributed by atoms with Crippen molar-refractivity contribution in [3.8, 4) is 0 Å². The summed E-state index contributed by atoms with van der Waals surface area (Å²) in [4.78, 5) is 22.0. The summed E-state index contributed by atoms with van der Waals surface area (Å²) in [7, 11) is 1.48. The van der Waals surface area contributed by atoms with Crippen LogP contribution in [0.25, 0.3) is 0 Å². The van der Waals surface area contributed by atoms with Gasteiger partial charge in [0.1, 0.15) is 5.69 Å². The summed E-state index contributed by atoms with van der Waals surface area (Å²) in [5.41, 5.74) is -1.02. The SMILES string of the molecule is CCN(CC)C(=O)CN(C)c1nccc(C(F)(F)F)n1. The van der Waals surface area contributed by atoms with Crippen molar-refractivity contribution >= 4 is 11.9 Å². The Kier molecular flexibility index (Phi) is 5.29. The molecule has 0 N–H and O–H groups in total. The quantitative estimate of drug-likeness (QED) is 0.829. The number of carbonyl (C=O) groups is 1. The first-order valence-corrected chi connectivity index (χ1v) is 6.18. The molecule has 0 atom stereocenters. The van der Waals surface area contributed by atoms with E-state index in [0.717, 1.165) is 12.3 Å². The molecule has 0 saturated carbocycles. The van der Waals surface area contributed by atoms with Gasteiger partial charge in [0, 0.05) is 26.3 Å². The summed E-state index contributed by atoms with van der Waals surface area (Å²) in [6, 6.07) is 0.795. The van der Waals surface area contributed by atoms with Crippen LogP contribution in [0.15, 0.2) is 12.3 Å².